The lowest BCUT2D eigenvalue weighted by Crippen LogP contribution is -2.23. The van der Waals surface area contributed by atoms with E-state index in [1.54, 1.807) is 30.4 Å². The van der Waals surface area contributed by atoms with Crippen LogP contribution in [-0.4, -0.2) is 39.3 Å². The fourth-order valence-electron chi connectivity index (χ4n) is 1.98. The lowest BCUT2D eigenvalue weighted by atomic mass is 10.2. The molecule has 0 radical (unpaired) electrons. The zero-order valence-corrected chi connectivity index (χ0v) is 15.9. The van der Waals surface area contributed by atoms with Gasteiger partial charge in [-0.25, -0.2) is 12.7 Å². The van der Waals surface area contributed by atoms with Gasteiger partial charge in [-0.3, -0.25) is 4.79 Å². The normalized spacial score (nSPS) is 11.8. The van der Waals surface area contributed by atoms with E-state index in [0.29, 0.717) is 12.3 Å². The second-order valence-electron chi connectivity index (χ2n) is 5.26. The Hall–Kier alpha value is -2.16. The van der Waals surface area contributed by atoms with Gasteiger partial charge in [-0.2, -0.15) is 11.3 Å². The minimum atomic E-state index is -3.70. The van der Waals surface area contributed by atoms with Gasteiger partial charge in [0.1, 0.15) is 10.6 Å². The third kappa shape index (κ3) is 4.91. The quantitative estimate of drug-likeness (QED) is 0.749. The maximum absolute atomic E-state index is 12.5. The zero-order valence-electron chi connectivity index (χ0n) is 14.2. The van der Waals surface area contributed by atoms with Gasteiger partial charge in [0.2, 0.25) is 15.9 Å². The molecule has 0 fully saturated rings. The van der Waals surface area contributed by atoms with Crippen LogP contribution in [0, 0.1) is 0 Å². The van der Waals surface area contributed by atoms with Gasteiger partial charge in [-0.05, 0) is 53.6 Å². The topological polar surface area (TPSA) is 75.7 Å². The summed E-state index contributed by atoms with van der Waals surface area (Å²) in [4.78, 5) is 12.0. The van der Waals surface area contributed by atoms with Gasteiger partial charge >= 0.3 is 0 Å². The molecule has 1 aromatic heterocycles. The van der Waals surface area contributed by atoms with Gasteiger partial charge in [-0.15, -0.1) is 0 Å². The number of hydrogen-bond donors (Lipinski definition) is 1. The molecule has 0 aliphatic rings. The molecule has 1 amide bonds. The summed E-state index contributed by atoms with van der Waals surface area (Å²) in [5.41, 5.74) is 1.31. The minimum Gasteiger partial charge on any atom is -0.492 e. The molecule has 0 aliphatic heterocycles. The number of hydrogen-bond acceptors (Lipinski definition) is 5. The number of anilines is 1. The van der Waals surface area contributed by atoms with E-state index in [0.717, 1.165) is 9.87 Å². The molecule has 0 saturated carbocycles. The molecule has 134 valence electrons. The molecule has 2 rings (SSSR count). The number of nitrogens with one attached hydrogen (secondary N) is 1. The molecule has 0 unspecified atom stereocenters. The number of ether oxygens (including phenoxy) is 1. The summed E-state index contributed by atoms with van der Waals surface area (Å²) in [7, 11) is -0.807. The first-order valence-corrected chi connectivity index (χ1v) is 9.93. The molecular formula is C17H20N2O4S2. The van der Waals surface area contributed by atoms with Crippen molar-refractivity contribution in [2.75, 3.05) is 26.0 Å². The maximum Gasteiger partial charge on any atom is 0.248 e. The Kier molecular flexibility index (Phi) is 6.35. The molecule has 8 heteroatoms. The van der Waals surface area contributed by atoms with Crippen molar-refractivity contribution < 1.29 is 17.9 Å². The smallest absolute Gasteiger partial charge is 0.248 e. The SMILES string of the molecule is CCOc1ccc(NC(=O)/C=C\c2ccsc2)cc1S(=O)(=O)N(C)C. The van der Waals surface area contributed by atoms with Crippen molar-refractivity contribution in [3.8, 4) is 5.75 Å². The third-order valence-corrected chi connectivity index (χ3v) is 5.78. The van der Waals surface area contributed by atoms with Crippen molar-refractivity contribution in [2.24, 2.45) is 0 Å². The fraction of sp³-hybridized carbons (Fsp3) is 0.235. The summed E-state index contributed by atoms with van der Waals surface area (Å²) < 4.78 is 31.4. The van der Waals surface area contributed by atoms with E-state index in [1.165, 1.54) is 32.3 Å². The first-order chi connectivity index (χ1) is 11.8. The maximum atomic E-state index is 12.5. The highest BCUT2D eigenvalue weighted by molar-refractivity contribution is 7.89. The van der Waals surface area contributed by atoms with Gasteiger partial charge in [0.05, 0.1) is 6.61 Å². The van der Waals surface area contributed by atoms with Crippen LogP contribution in [0.4, 0.5) is 5.69 Å². The molecule has 0 aliphatic carbocycles. The van der Waals surface area contributed by atoms with Crippen LogP contribution < -0.4 is 10.1 Å². The van der Waals surface area contributed by atoms with Gasteiger partial charge in [0, 0.05) is 25.9 Å². The highest BCUT2D eigenvalue weighted by Gasteiger charge is 2.23. The van der Waals surface area contributed by atoms with Gasteiger partial charge in [0.25, 0.3) is 0 Å². The number of benzene rings is 1. The van der Waals surface area contributed by atoms with E-state index in [-0.39, 0.29) is 16.6 Å². The van der Waals surface area contributed by atoms with Crippen LogP contribution in [0.2, 0.25) is 0 Å². The van der Waals surface area contributed by atoms with E-state index in [1.807, 2.05) is 16.8 Å². The first-order valence-electron chi connectivity index (χ1n) is 7.55. The molecule has 1 N–H and O–H groups in total. The molecule has 1 heterocycles. The van der Waals surface area contributed by atoms with Crippen LogP contribution >= 0.6 is 11.3 Å². The Morgan fingerprint density at radius 1 is 1.32 bits per heavy atom. The third-order valence-electron chi connectivity index (χ3n) is 3.24. The predicted octanol–water partition coefficient (Wildman–Crippen LogP) is 3.05. The Bertz CT molecular complexity index is 857. The Balaban J connectivity index is 2.26. The van der Waals surface area contributed by atoms with E-state index in [4.69, 9.17) is 4.74 Å². The van der Waals surface area contributed by atoms with Crippen LogP contribution in [0.1, 0.15) is 12.5 Å². The number of sulfonamides is 1. The monoisotopic (exact) mass is 380 g/mol. The van der Waals surface area contributed by atoms with E-state index < -0.39 is 10.0 Å². The summed E-state index contributed by atoms with van der Waals surface area (Å²) in [5.74, 6) is -0.0911. The van der Waals surface area contributed by atoms with Crippen molar-refractivity contribution >= 4 is 39.0 Å². The van der Waals surface area contributed by atoms with Crippen molar-refractivity contribution in [1.29, 1.82) is 0 Å². The Morgan fingerprint density at radius 3 is 2.68 bits per heavy atom. The zero-order chi connectivity index (χ0) is 18.4. The van der Waals surface area contributed by atoms with E-state index in [9.17, 15) is 13.2 Å². The van der Waals surface area contributed by atoms with Crippen molar-refractivity contribution in [1.82, 2.24) is 4.31 Å². The molecule has 1 aromatic carbocycles. The number of rotatable bonds is 7. The second kappa shape index (κ2) is 8.28. The summed E-state index contributed by atoms with van der Waals surface area (Å²) in [6.45, 7) is 2.11. The number of nitrogens with zero attached hydrogens (tertiary/aromatic N) is 1. The standard InChI is InChI=1S/C17H20N2O4S2/c1-4-23-15-7-6-14(11-16(15)25(21,22)19(2)3)18-17(20)8-5-13-9-10-24-12-13/h5-12H,4H2,1-3H3,(H,18,20)/b8-5-. The van der Waals surface area contributed by atoms with Crippen molar-refractivity contribution in [3.63, 3.8) is 0 Å². The summed E-state index contributed by atoms with van der Waals surface area (Å²) in [6, 6.07) is 6.44. The molecule has 0 saturated heterocycles. The molecule has 0 spiro atoms. The molecule has 0 bridgehead atoms. The second-order valence-corrected chi connectivity index (χ2v) is 8.16. The van der Waals surface area contributed by atoms with Crippen LogP contribution in [0.25, 0.3) is 6.08 Å². The van der Waals surface area contributed by atoms with Crippen molar-refractivity contribution in [3.05, 3.63) is 46.7 Å². The average molecular weight is 380 g/mol. The fourth-order valence-corrected chi connectivity index (χ4v) is 3.66. The summed E-state index contributed by atoms with van der Waals surface area (Å²) >= 11 is 1.54. The molecule has 2 aromatic rings. The van der Waals surface area contributed by atoms with E-state index >= 15 is 0 Å². The van der Waals surface area contributed by atoms with Gasteiger partial charge in [0.15, 0.2) is 0 Å². The highest BCUT2D eigenvalue weighted by Crippen LogP contribution is 2.29. The molecular weight excluding hydrogens is 360 g/mol. The summed E-state index contributed by atoms with van der Waals surface area (Å²) in [5, 5.41) is 6.50. The number of carbonyl (C=O) groups excluding carboxylic acids is 1. The lowest BCUT2D eigenvalue weighted by molar-refractivity contribution is -0.111. The Labute approximate surface area is 151 Å². The van der Waals surface area contributed by atoms with Gasteiger partial charge < -0.3 is 10.1 Å². The van der Waals surface area contributed by atoms with Crippen LogP contribution in [0.5, 0.6) is 5.75 Å². The molecule has 0 atom stereocenters. The van der Waals surface area contributed by atoms with Gasteiger partial charge in [-0.1, -0.05) is 0 Å². The van der Waals surface area contributed by atoms with Crippen LogP contribution in [0.3, 0.4) is 0 Å². The molecule has 25 heavy (non-hydrogen) atoms. The highest BCUT2D eigenvalue weighted by atomic mass is 32.2. The Morgan fingerprint density at radius 2 is 2.08 bits per heavy atom. The number of amides is 1. The average Bonchev–Trinajstić information content (AvgIpc) is 3.08. The number of carbonyl (C=O) groups is 1. The van der Waals surface area contributed by atoms with Crippen molar-refractivity contribution in [2.45, 2.75) is 11.8 Å². The lowest BCUT2D eigenvalue weighted by Gasteiger charge is -2.16. The molecule has 6 nitrogen and oxygen atoms in total. The predicted molar refractivity (Wildman–Crippen MR) is 100 cm³/mol. The largest absolute Gasteiger partial charge is 0.492 e. The van der Waals surface area contributed by atoms with Crippen LogP contribution in [-0.2, 0) is 14.8 Å². The first kappa shape index (κ1) is 19.2. The van der Waals surface area contributed by atoms with Crippen LogP contribution in [0.15, 0.2) is 46.0 Å². The minimum absolute atomic E-state index is 0.0129. The van der Waals surface area contributed by atoms with E-state index in [2.05, 4.69) is 5.32 Å². The summed E-state index contributed by atoms with van der Waals surface area (Å²) in [6.07, 6.45) is 3.09. The number of thiophene rings is 1.